The zero-order chi connectivity index (χ0) is 14.4. The molecule has 7 heteroatoms. The second-order valence-electron chi connectivity index (χ2n) is 4.39. The number of thioether (sulfide) groups is 1. The Morgan fingerprint density at radius 1 is 1.40 bits per heavy atom. The Labute approximate surface area is 121 Å². The molecule has 1 aromatic heterocycles. The maximum absolute atomic E-state index is 11.9. The van der Waals surface area contributed by atoms with Crippen LogP contribution in [0, 0.1) is 5.92 Å². The van der Waals surface area contributed by atoms with Crippen LogP contribution < -0.4 is 0 Å². The smallest absolute Gasteiger partial charge is 0.309 e. The molecule has 0 amide bonds. The highest BCUT2D eigenvalue weighted by Gasteiger charge is 2.16. The highest BCUT2D eigenvalue weighted by atomic mass is 32.2. The summed E-state index contributed by atoms with van der Waals surface area (Å²) < 4.78 is 6.86. The van der Waals surface area contributed by atoms with Crippen molar-refractivity contribution in [1.29, 1.82) is 0 Å². The van der Waals surface area contributed by atoms with Crippen molar-refractivity contribution < 1.29 is 9.53 Å². The minimum Gasteiger partial charge on any atom is -0.461 e. The van der Waals surface area contributed by atoms with Crippen LogP contribution in [0.15, 0.2) is 35.5 Å². The Kier molecular flexibility index (Phi) is 5.11. The number of nitrogens with zero attached hydrogens (tertiary/aromatic N) is 4. The van der Waals surface area contributed by atoms with Crippen molar-refractivity contribution in [2.45, 2.75) is 18.7 Å². The lowest BCUT2D eigenvalue weighted by Crippen LogP contribution is -2.17. The number of aryl methyl sites for hydroxylation is 1. The van der Waals surface area contributed by atoms with Crippen LogP contribution in [0.1, 0.15) is 12.5 Å². The van der Waals surface area contributed by atoms with E-state index in [1.807, 2.05) is 37.3 Å². The average molecular weight is 292 g/mol. The van der Waals surface area contributed by atoms with Gasteiger partial charge < -0.3 is 4.74 Å². The first kappa shape index (κ1) is 14.5. The molecular weight excluding hydrogens is 276 g/mol. The van der Waals surface area contributed by atoms with Crippen LogP contribution in [0.2, 0.25) is 0 Å². The van der Waals surface area contributed by atoms with Crippen molar-refractivity contribution in [1.82, 2.24) is 20.2 Å². The van der Waals surface area contributed by atoms with E-state index in [1.54, 1.807) is 11.7 Å². The van der Waals surface area contributed by atoms with E-state index >= 15 is 0 Å². The van der Waals surface area contributed by atoms with Gasteiger partial charge in [0.1, 0.15) is 6.61 Å². The van der Waals surface area contributed by atoms with E-state index in [-0.39, 0.29) is 11.9 Å². The maximum Gasteiger partial charge on any atom is 0.309 e. The third kappa shape index (κ3) is 4.06. The summed E-state index contributed by atoms with van der Waals surface area (Å²) in [5.41, 5.74) is 0.984. The lowest BCUT2D eigenvalue weighted by Gasteiger charge is -2.10. The van der Waals surface area contributed by atoms with E-state index in [2.05, 4.69) is 15.5 Å². The molecule has 0 spiro atoms. The van der Waals surface area contributed by atoms with E-state index in [4.69, 9.17) is 4.74 Å². The zero-order valence-electron chi connectivity index (χ0n) is 11.4. The van der Waals surface area contributed by atoms with E-state index in [1.165, 1.54) is 11.8 Å². The summed E-state index contributed by atoms with van der Waals surface area (Å²) in [5, 5.41) is 11.8. The molecule has 2 rings (SSSR count). The quantitative estimate of drug-likeness (QED) is 0.596. The normalized spacial score (nSPS) is 12.1. The molecular formula is C13H16N4O2S. The van der Waals surface area contributed by atoms with E-state index < -0.39 is 0 Å². The first-order chi connectivity index (χ1) is 9.66. The van der Waals surface area contributed by atoms with E-state index in [0.717, 1.165) is 5.56 Å². The van der Waals surface area contributed by atoms with Crippen LogP contribution in [0.25, 0.3) is 0 Å². The van der Waals surface area contributed by atoms with Gasteiger partial charge in [-0.05, 0) is 16.0 Å². The second kappa shape index (κ2) is 7.04. The van der Waals surface area contributed by atoms with Crippen molar-refractivity contribution in [3.8, 4) is 0 Å². The number of ether oxygens (including phenoxy) is 1. The van der Waals surface area contributed by atoms with Gasteiger partial charge in [0.2, 0.25) is 5.16 Å². The summed E-state index contributed by atoms with van der Waals surface area (Å²) in [4.78, 5) is 11.9. The van der Waals surface area contributed by atoms with Gasteiger partial charge in [-0.3, -0.25) is 4.79 Å². The van der Waals surface area contributed by atoms with Gasteiger partial charge in [-0.25, -0.2) is 4.68 Å². The average Bonchev–Trinajstić information content (AvgIpc) is 2.88. The minimum atomic E-state index is -0.212. The molecule has 1 aromatic carbocycles. The number of hydrogen-bond donors (Lipinski definition) is 0. The number of tetrazole rings is 1. The van der Waals surface area contributed by atoms with Crippen LogP contribution in [-0.2, 0) is 23.2 Å². The largest absolute Gasteiger partial charge is 0.461 e. The van der Waals surface area contributed by atoms with Crippen molar-refractivity contribution in [3.05, 3.63) is 35.9 Å². The molecule has 2 aromatic rings. The third-order valence-electron chi connectivity index (χ3n) is 2.67. The van der Waals surface area contributed by atoms with Crippen LogP contribution in [0.4, 0.5) is 0 Å². The van der Waals surface area contributed by atoms with Gasteiger partial charge in [0, 0.05) is 12.8 Å². The van der Waals surface area contributed by atoms with Crippen molar-refractivity contribution in [2.75, 3.05) is 5.75 Å². The molecule has 1 heterocycles. The van der Waals surface area contributed by atoms with Crippen LogP contribution in [0.3, 0.4) is 0 Å². The molecule has 0 bridgehead atoms. The van der Waals surface area contributed by atoms with Gasteiger partial charge in [0.15, 0.2) is 0 Å². The summed E-state index contributed by atoms with van der Waals surface area (Å²) in [7, 11) is 1.76. The maximum atomic E-state index is 11.9. The lowest BCUT2D eigenvalue weighted by atomic mass is 10.2. The zero-order valence-corrected chi connectivity index (χ0v) is 12.2. The molecule has 106 valence electrons. The summed E-state index contributed by atoms with van der Waals surface area (Å²) in [6.45, 7) is 2.14. The number of esters is 1. The fraction of sp³-hybridized carbons (Fsp3) is 0.385. The number of carbonyl (C=O) groups is 1. The predicted octanol–water partition coefficient (Wildman–Crippen LogP) is 1.68. The molecule has 0 aliphatic carbocycles. The van der Waals surface area contributed by atoms with Gasteiger partial charge in [-0.15, -0.1) is 5.10 Å². The summed E-state index contributed by atoms with van der Waals surface area (Å²) in [6, 6.07) is 9.63. The van der Waals surface area contributed by atoms with Crippen molar-refractivity contribution >= 4 is 17.7 Å². The second-order valence-corrected chi connectivity index (χ2v) is 5.38. The first-order valence-electron chi connectivity index (χ1n) is 6.22. The highest BCUT2D eigenvalue weighted by Crippen LogP contribution is 2.17. The van der Waals surface area contributed by atoms with E-state index in [9.17, 15) is 4.79 Å². The Morgan fingerprint density at radius 3 is 2.80 bits per heavy atom. The fourth-order valence-electron chi connectivity index (χ4n) is 1.48. The van der Waals surface area contributed by atoms with Crippen LogP contribution >= 0.6 is 11.8 Å². The molecule has 20 heavy (non-hydrogen) atoms. The summed E-state index contributed by atoms with van der Waals surface area (Å²) in [6.07, 6.45) is 0. The molecule has 0 fully saturated rings. The number of aromatic nitrogens is 4. The molecule has 0 radical (unpaired) electrons. The molecule has 0 N–H and O–H groups in total. The Morgan fingerprint density at radius 2 is 2.15 bits per heavy atom. The molecule has 6 nitrogen and oxygen atoms in total. The SMILES string of the molecule is CC(CSc1nnnn1C)C(=O)OCc1ccccc1. The number of benzene rings is 1. The van der Waals surface area contributed by atoms with Gasteiger partial charge >= 0.3 is 5.97 Å². The number of hydrogen-bond acceptors (Lipinski definition) is 6. The molecule has 1 unspecified atom stereocenters. The topological polar surface area (TPSA) is 69.9 Å². The molecule has 0 aliphatic heterocycles. The number of carbonyl (C=O) groups excluding carboxylic acids is 1. The monoisotopic (exact) mass is 292 g/mol. The fourth-order valence-corrected chi connectivity index (χ4v) is 2.33. The molecule has 0 aliphatic rings. The van der Waals surface area contributed by atoms with Gasteiger partial charge in [0.25, 0.3) is 0 Å². The molecule has 0 saturated heterocycles. The Hall–Kier alpha value is -1.89. The first-order valence-corrected chi connectivity index (χ1v) is 7.21. The van der Waals surface area contributed by atoms with Crippen LogP contribution in [-0.4, -0.2) is 31.9 Å². The van der Waals surface area contributed by atoms with Crippen molar-refractivity contribution in [2.24, 2.45) is 13.0 Å². The van der Waals surface area contributed by atoms with Gasteiger partial charge in [-0.1, -0.05) is 49.0 Å². The predicted molar refractivity (Wildman–Crippen MR) is 74.9 cm³/mol. The molecule has 0 saturated carbocycles. The van der Waals surface area contributed by atoms with Crippen molar-refractivity contribution in [3.63, 3.8) is 0 Å². The standard InChI is InChI=1S/C13H16N4O2S/c1-10(9-20-13-14-15-16-17(13)2)12(18)19-8-11-6-4-3-5-7-11/h3-7,10H,8-9H2,1-2H3. The lowest BCUT2D eigenvalue weighted by molar-refractivity contribution is -0.148. The van der Waals surface area contributed by atoms with Gasteiger partial charge in [0.05, 0.1) is 5.92 Å². The Bertz CT molecular complexity index is 559. The van der Waals surface area contributed by atoms with Gasteiger partial charge in [-0.2, -0.15) is 0 Å². The number of rotatable bonds is 6. The van der Waals surface area contributed by atoms with E-state index in [0.29, 0.717) is 17.5 Å². The molecule has 1 atom stereocenters. The highest BCUT2D eigenvalue weighted by molar-refractivity contribution is 7.99. The summed E-state index contributed by atoms with van der Waals surface area (Å²) >= 11 is 1.44. The third-order valence-corrected chi connectivity index (χ3v) is 3.94. The van der Waals surface area contributed by atoms with Crippen LogP contribution in [0.5, 0.6) is 0 Å². The minimum absolute atomic E-state index is 0.208. The summed E-state index contributed by atoms with van der Waals surface area (Å²) in [5.74, 6) is 0.166. The Balaban J connectivity index is 1.76.